The molecule has 0 aromatic heterocycles. The first kappa shape index (κ1) is 26.1. The number of hydrogen-bond acceptors (Lipinski definition) is 6. The average Bonchev–Trinajstić information content (AvgIpc) is 3.97. The summed E-state index contributed by atoms with van der Waals surface area (Å²) >= 11 is 0. The molecule has 0 amide bonds. The second-order valence-corrected chi connectivity index (χ2v) is 10.3. The van der Waals surface area contributed by atoms with Crippen molar-refractivity contribution in [2.24, 2.45) is 0 Å². The van der Waals surface area contributed by atoms with Crippen LogP contribution in [0.15, 0.2) is 121 Å². The van der Waals surface area contributed by atoms with E-state index >= 15 is 0 Å². The molecular weight excluding hydrogens is 528 g/mol. The smallest absolute Gasteiger partial charge is 0.131 e. The Kier molecular flexibility index (Phi) is 7.46. The van der Waals surface area contributed by atoms with Gasteiger partial charge >= 0.3 is 0 Å². The Labute approximate surface area is 245 Å². The predicted molar refractivity (Wildman–Crippen MR) is 161 cm³/mol. The van der Waals surface area contributed by atoms with Crippen LogP contribution in [0.5, 0.6) is 34.5 Å². The minimum atomic E-state index is 0.249. The molecule has 2 heterocycles. The highest BCUT2D eigenvalue weighted by Crippen LogP contribution is 2.32. The molecule has 2 atom stereocenters. The Bertz CT molecular complexity index is 1480. The summed E-state index contributed by atoms with van der Waals surface area (Å²) in [5.74, 6) is 4.61. The predicted octanol–water partition coefficient (Wildman–Crippen LogP) is 8.16. The molecule has 0 aliphatic carbocycles. The lowest BCUT2D eigenvalue weighted by Gasteiger charge is -2.11. The number of rotatable bonds is 12. The van der Waals surface area contributed by atoms with Crippen molar-refractivity contribution in [3.63, 3.8) is 0 Å². The zero-order valence-corrected chi connectivity index (χ0v) is 23.0. The topological polar surface area (TPSA) is 62.0 Å². The third-order valence-corrected chi connectivity index (χ3v) is 7.04. The lowest BCUT2D eigenvalue weighted by Crippen LogP contribution is -2.03. The highest BCUT2D eigenvalue weighted by Gasteiger charge is 2.23. The molecule has 0 spiro atoms. The molecule has 5 aromatic rings. The molecule has 0 bridgehead atoms. The van der Waals surface area contributed by atoms with Crippen molar-refractivity contribution in [3.05, 3.63) is 121 Å². The highest BCUT2D eigenvalue weighted by molar-refractivity contribution is 5.66. The van der Waals surface area contributed by atoms with Crippen LogP contribution in [-0.2, 0) is 9.47 Å². The monoisotopic (exact) mass is 558 g/mol. The zero-order valence-electron chi connectivity index (χ0n) is 23.0. The zero-order chi connectivity index (χ0) is 28.1. The van der Waals surface area contributed by atoms with Crippen LogP contribution in [0.3, 0.4) is 0 Å². The maximum atomic E-state index is 6.12. The standard InChI is InChI=1S/C36H30O6/c1-2-33(41-31-16-8-27(9-17-31)25-4-12-29(13-5-25)37-21-35-23-39-35)20-34(3-1)42-32-18-10-28(11-19-32)26-6-14-30(15-7-26)38-22-36-24-40-36/h1-20,35-36H,21-24H2. The van der Waals surface area contributed by atoms with E-state index < -0.39 is 0 Å². The summed E-state index contributed by atoms with van der Waals surface area (Å²) in [5, 5.41) is 0. The lowest BCUT2D eigenvalue weighted by atomic mass is 10.1. The average molecular weight is 559 g/mol. The van der Waals surface area contributed by atoms with Crippen molar-refractivity contribution in [1.29, 1.82) is 0 Å². The van der Waals surface area contributed by atoms with E-state index in [1.165, 1.54) is 0 Å². The molecule has 210 valence electrons. The van der Waals surface area contributed by atoms with Gasteiger partial charge < -0.3 is 28.4 Å². The molecule has 2 fully saturated rings. The Balaban J connectivity index is 0.941. The van der Waals surface area contributed by atoms with Crippen LogP contribution in [0.25, 0.3) is 22.3 Å². The summed E-state index contributed by atoms with van der Waals surface area (Å²) < 4.78 is 34.1. The maximum Gasteiger partial charge on any atom is 0.131 e. The van der Waals surface area contributed by atoms with Gasteiger partial charge in [0.2, 0.25) is 0 Å². The van der Waals surface area contributed by atoms with E-state index in [0.717, 1.165) is 58.5 Å². The van der Waals surface area contributed by atoms with Crippen LogP contribution in [0.2, 0.25) is 0 Å². The highest BCUT2D eigenvalue weighted by atomic mass is 16.6. The van der Waals surface area contributed by atoms with Crippen LogP contribution in [-0.4, -0.2) is 38.6 Å². The lowest BCUT2D eigenvalue weighted by molar-refractivity contribution is 0.263. The van der Waals surface area contributed by atoms with E-state index in [1.807, 2.05) is 72.8 Å². The van der Waals surface area contributed by atoms with Gasteiger partial charge in [0.15, 0.2) is 0 Å². The SMILES string of the molecule is c1cc(Oc2ccc(-c3ccc(OCC4CO4)cc3)cc2)cc(Oc2ccc(-c3ccc(OCC4CO4)cc3)cc2)c1. The summed E-state index contributed by atoms with van der Waals surface area (Å²) in [6.07, 6.45) is 0.499. The van der Waals surface area contributed by atoms with Crippen molar-refractivity contribution in [2.45, 2.75) is 12.2 Å². The van der Waals surface area contributed by atoms with Gasteiger partial charge in [-0.15, -0.1) is 0 Å². The fourth-order valence-corrected chi connectivity index (χ4v) is 4.50. The van der Waals surface area contributed by atoms with Crippen LogP contribution < -0.4 is 18.9 Å². The number of hydrogen-bond donors (Lipinski definition) is 0. The molecule has 2 saturated heterocycles. The van der Waals surface area contributed by atoms with E-state index in [0.29, 0.717) is 24.7 Å². The molecule has 0 N–H and O–H groups in total. The molecular formula is C36H30O6. The summed E-state index contributed by atoms with van der Waals surface area (Å²) in [7, 11) is 0. The fourth-order valence-electron chi connectivity index (χ4n) is 4.50. The van der Waals surface area contributed by atoms with Gasteiger partial charge in [-0.3, -0.25) is 0 Å². The van der Waals surface area contributed by atoms with Gasteiger partial charge in [0.05, 0.1) is 13.2 Å². The van der Waals surface area contributed by atoms with Crippen molar-refractivity contribution >= 4 is 0 Å². The Morgan fingerprint density at radius 3 is 1.10 bits per heavy atom. The molecule has 6 heteroatoms. The number of ether oxygens (including phenoxy) is 6. The van der Waals surface area contributed by atoms with Crippen LogP contribution in [0.1, 0.15) is 0 Å². The molecule has 42 heavy (non-hydrogen) atoms. The van der Waals surface area contributed by atoms with Crippen molar-refractivity contribution in [1.82, 2.24) is 0 Å². The molecule has 5 aromatic carbocycles. The molecule has 0 radical (unpaired) electrons. The van der Waals surface area contributed by atoms with Crippen LogP contribution in [0.4, 0.5) is 0 Å². The van der Waals surface area contributed by atoms with Crippen LogP contribution in [0, 0.1) is 0 Å². The molecule has 2 aliphatic heterocycles. The minimum absolute atomic E-state index is 0.249. The van der Waals surface area contributed by atoms with E-state index in [4.69, 9.17) is 28.4 Å². The van der Waals surface area contributed by atoms with Crippen LogP contribution >= 0.6 is 0 Å². The number of benzene rings is 5. The normalized spacial score (nSPS) is 16.9. The quantitative estimate of drug-likeness (QED) is 0.144. The summed E-state index contributed by atoms with van der Waals surface area (Å²) in [6, 6.07) is 39.9. The van der Waals surface area contributed by atoms with Gasteiger partial charge in [0.25, 0.3) is 0 Å². The summed E-state index contributed by atoms with van der Waals surface area (Å²) in [5.41, 5.74) is 4.44. The van der Waals surface area contributed by atoms with Crippen molar-refractivity contribution in [2.75, 3.05) is 26.4 Å². The second-order valence-electron chi connectivity index (χ2n) is 10.3. The Morgan fingerprint density at radius 1 is 0.429 bits per heavy atom. The second kappa shape index (κ2) is 12.0. The Morgan fingerprint density at radius 2 is 0.762 bits per heavy atom. The fraction of sp³-hybridized carbons (Fsp3) is 0.167. The molecule has 2 aliphatic rings. The summed E-state index contributed by atoms with van der Waals surface area (Å²) in [4.78, 5) is 0. The minimum Gasteiger partial charge on any atom is -0.491 e. The Hall–Kier alpha value is -4.78. The van der Waals surface area contributed by atoms with Crippen molar-refractivity contribution in [3.8, 4) is 56.8 Å². The van der Waals surface area contributed by atoms with Crippen molar-refractivity contribution < 1.29 is 28.4 Å². The third kappa shape index (κ3) is 6.92. The third-order valence-electron chi connectivity index (χ3n) is 7.04. The van der Waals surface area contributed by atoms with E-state index in [-0.39, 0.29) is 12.2 Å². The van der Waals surface area contributed by atoms with Gasteiger partial charge in [-0.2, -0.15) is 0 Å². The van der Waals surface area contributed by atoms with E-state index in [9.17, 15) is 0 Å². The molecule has 0 saturated carbocycles. The van der Waals surface area contributed by atoms with Gasteiger partial charge in [-0.05, 0) is 82.9 Å². The van der Waals surface area contributed by atoms with Gasteiger partial charge in [0.1, 0.15) is 59.9 Å². The molecule has 7 rings (SSSR count). The van der Waals surface area contributed by atoms with Gasteiger partial charge in [0, 0.05) is 6.07 Å². The first-order valence-corrected chi connectivity index (χ1v) is 14.1. The molecule has 2 unspecified atom stereocenters. The summed E-state index contributed by atoms with van der Waals surface area (Å²) in [6.45, 7) is 2.80. The van der Waals surface area contributed by atoms with E-state index in [1.54, 1.807) is 0 Å². The molecule has 6 nitrogen and oxygen atoms in total. The maximum absolute atomic E-state index is 6.12. The van der Waals surface area contributed by atoms with Gasteiger partial charge in [-0.25, -0.2) is 0 Å². The van der Waals surface area contributed by atoms with E-state index in [2.05, 4.69) is 48.5 Å². The first-order valence-electron chi connectivity index (χ1n) is 14.1. The largest absolute Gasteiger partial charge is 0.491 e. The van der Waals surface area contributed by atoms with Gasteiger partial charge in [-0.1, -0.05) is 54.6 Å². The first-order chi connectivity index (χ1) is 20.7. The number of epoxide rings is 2.